The minimum atomic E-state index is -3.68. The van der Waals surface area contributed by atoms with Crippen molar-refractivity contribution in [2.45, 2.75) is 44.6 Å². The van der Waals surface area contributed by atoms with Crippen LogP contribution >= 0.6 is 0 Å². The van der Waals surface area contributed by atoms with Gasteiger partial charge in [0.05, 0.1) is 11.7 Å². The number of rotatable bonds is 6. The Morgan fingerprint density at radius 1 is 1.19 bits per heavy atom. The smallest absolute Gasteiger partial charge is 0.248 e. The van der Waals surface area contributed by atoms with E-state index in [0.717, 1.165) is 11.3 Å². The molecule has 4 rings (SSSR count). The molecule has 170 valence electrons. The van der Waals surface area contributed by atoms with Crippen molar-refractivity contribution in [1.82, 2.24) is 29.5 Å². The van der Waals surface area contributed by atoms with Crippen molar-refractivity contribution in [3.05, 3.63) is 53.9 Å². The molecule has 1 aromatic carbocycles. The Hall–Kier alpha value is -3.05. The highest BCUT2D eigenvalue weighted by Gasteiger charge is 2.35. The summed E-state index contributed by atoms with van der Waals surface area (Å²) in [5, 5.41) is 10.9. The molecule has 1 amide bonds. The summed E-state index contributed by atoms with van der Waals surface area (Å²) in [7, 11) is -3.68. The zero-order chi connectivity index (χ0) is 22.9. The Balaban J connectivity index is 1.34. The van der Waals surface area contributed by atoms with Gasteiger partial charge < -0.3 is 9.84 Å². The number of sulfonamides is 1. The van der Waals surface area contributed by atoms with Gasteiger partial charge in [0.15, 0.2) is 5.76 Å². The molecule has 0 spiro atoms. The highest BCUT2D eigenvalue weighted by Crippen LogP contribution is 2.28. The maximum atomic E-state index is 13.0. The molecule has 1 aliphatic rings. The van der Waals surface area contributed by atoms with Crippen LogP contribution in [0.4, 0.5) is 0 Å². The van der Waals surface area contributed by atoms with Crippen LogP contribution in [-0.4, -0.2) is 51.6 Å². The molecule has 1 saturated heterocycles. The molecule has 1 atom stereocenters. The average molecular weight is 459 g/mol. The van der Waals surface area contributed by atoms with Gasteiger partial charge in [-0.25, -0.2) is 18.1 Å². The summed E-state index contributed by atoms with van der Waals surface area (Å²) >= 11 is 0. The van der Waals surface area contributed by atoms with Crippen LogP contribution in [0.1, 0.15) is 42.8 Å². The predicted octanol–water partition coefficient (Wildman–Crippen LogP) is 2.15. The largest absolute Gasteiger partial charge is 0.360 e. The minimum absolute atomic E-state index is 0.0627. The van der Waals surface area contributed by atoms with Gasteiger partial charge in [-0.1, -0.05) is 17.3 Å². The number of nitrogens with zero attached hydrogens (tertiary/aromatic N) is 5. The van der Waals surface area contributed by atoms with E-state index in [9.17, 15) is 13.2 Å². The van der Waals surface area contributed by atoms with Crippen molar-refractivity contribution < 1.29 is 17.7 Å². The molecule has 0 bridgehead atoms. The number of piperidine rings is 1. The van der Waals surface area contributed by atoms with E-state index >= 15 is 0 Å². The molecular weight excluding hydrogens is 432 g/mol. The number of hydrogen-bond acceptors (Lipinski definition) is 7. The lowest BCUT2D eigenvalue weighted by Crippen LogP contribution is -2.43. The summed E-state index contributed by atoms with van der Waals surface area (Å²) in [5.41, 5.74) is 2.21. The fourth-order valence-electron chi connectivity index (χ4n) is 4.00. The molecule has 0 saturated carbocycles. The Labute approximate surface area is 186 Å². The number of amides is 1. The highest BCUT2D eigenvalue weighted by atomic mass is 32.2. The molecular formula is C21H26N6O4S. The number of aryl methyl sites for hydroxylation is 2. The number of nitrogens with one attached hydrogen (secondary N) is 1. The van der Waals surface area contributed by atoms with Gasteiger partial charge in [-0.05, 0) is 51.3 Å². The van der Waals surface area contributed by atoms with Crippen LogP contribution in [0.5, 0.6) is 0 Å². The van der Waals surface area contributed by atoms with Gasteiger partial charge in [0.25, 0.3) is 0 Å². The van der Waals surface area contributed by atoms with Crippen molar-refractivity contribution in [2.24, 2.45) is 5.92 Å². The Kier molecular flexibility index (Phi) is 6.11. The summed E-state index contributed by atoms with van der Waals surface area (Å²) in [6, 6.07) is 7.56. The van der Waals surface area contributed by atoms with E-state index in [1.165, 1.54) is 10.6 Å². The zero-order valence-electron chi connectivity index (χ0n) is 18.2. The first-order chi connectivity index (χ1) is 15.3. The van der Waals surface area contributed by atoms with E-state index in [4.69, 9.17) is 4.52 Å². The van der Waals surface area contributed by atoms with Crippen molar-refractivity contribution >= 4 is 15.9 Å². The van der Waals surface area contributed by atoms with E-state index in [-0.39, 0.29) is 41.6 Å². The Morgan fingerprint density at radius 3 is 2.44 bits per heavy atom. The van der Waals surface area contributed by atoms with Crippen LogP contribution in [0, 0.1) is 19.8 Å². The normalized spacial score (nSPS) is 16.7. The SMILES string of the molecule is Cc1noc(C)c1S(=O)(=O)N1CCC(C(=O)N[C@@H](C)c2ccc(-n3cncn3)cc2)CC1. The van der Waals surface area contributed by atoms with Crippen molar-refractivity contribution in [3.8, 4) is 5.69 Å². The summed E-state index contributed by atoms with van der Waals surface area (Å²) in [6.45, 7) is 5.70. The monoisotopic (exact) mass is 458 g/mol. The van der Waals surface area contributed by atoms with Gasteiger partial charge >= 0.3 is 0 Å². The second kappa shape index (κ2) is 8.83. The summed E-state index contributed by atoms with van der Waals surface area (Å²) in [5.74, 6) is -0.0127. The zero-order valence-corrected chi connectivity index (χ0v) is 19.0. The van der Waals surface area contributed by atoms with Crippen molar-refractivity contribution in [3.63, 3.8) is 0 Å². The van der Waals surface area contributed by atoms with Crippen LogP contribution in [0.15, 0.2) is 46.3 Å². The Morgan fingerprint density at radius 2 is 1.88 bits per heavy atom. The number of benzene rings is 1. The maximum Gasteiger partial charge on any atom is 0.248 e. The molecule has 1 fully saturated rings. The molecule has 1 aliphatic heterocycles. The molecule has 2 aromatic heterocycles. The summed E-state index contributed by atoms with van der Waals surface area (Å²) in [6.07, 6.45) is 4.03. The second-order valence-corrected chi connectivity index (χ2v) is 9.87. The first-order valence-electron chi connectivity index (χ1n) is 10.5. The van der Waals surface area contributed by atoms with Gasteiger partial charge in [-0.3, -0.25) is 4.79 Å². The van der Waals surface area contributed by atoms with Gasteiger partial charge in [0.2, 0.25) is 15.9 Å². The molecule has 1 N–H and O–H groups in total. The van der Waals surface area contributed by atoms with Crippen LogP contribution in [0.2, 0.25) is 0 Å². The predicted molar refractivity (Wildman–Crippen MR) is 115 cm³/mol. The van der Waals surface area contributed by atoms with E-state index in [1.54, 1.807) is 24.9 Å². The van der Waals surface area contributed by atoms with E-state index in [0.29, 0.717) is 18.5 Å². The fourth-order valence-corrected chi connectivity index (χ4v) is 5.76. The van der Waals surface area contributed by atoms with Gasteiger partial charge in [0.1, 0.15) is 23.2 Å². The van der Waals surface area contributed by atoms with Crippen LogP contribution in [-0.2, 0) is 14.8 Å². The van der Waals surface area contributed by atoms with Crippen LogP contribution in [0.3, 0.4) is 0 Å². The first-order valence-corrected chi connectivity index (χ1v) is 11.9. The molecule has 0 aliphatic carbocycles. The third-order valence-corrected chi connectivity index (χ3v) is 7.97. The topological polar surface area (TPSA) is 123 Å². The molecule has 11 heteroatoms. The highest BCUT2D eigenvalue weighted by molar-refractivity contribution is 7.89. The van der Waals surface area contributed by atoms with Crippen molar-refractivity contribution in [2.75, 3.05) is 13.1 Å². The van der Waals surface area contributed by atoms with Crippen LogP contribution in [0.25, 0.3) is 5.69 Å². The number of carbonyl (C=O) groups is 1. The van der Waals surface area contributed by atoms with E-state index < -0.39 is 10.0 Å². The van der Waals surface area contributed by atoms with E-state index in [2.05, 4.69) is 20.6 Å². The fraction of sp³-hybridized carbons (Fsp3) is 0.429. The first kappa shape index (κ1) is 22.2. The standard InChI is InChI=1S/C21H26N6O4S/c1-14(17-4-6-19(7-5-17)27-13-22-12-23-27)24-21(28)18-8-10-26(11-9-18)32(29,30)20-15(2)25-31-16(20)3/h4-7,12-14,18H,8-11H2,1-3H3,(H,24,28)/t14-/m0/s1. The van der Waals surface area contributed by atoms with Crippen molar-refractivity contribution in [1.29, 1.82) is 0 Å². The molecule has 32 heavy (non-hydrogen) atoms. The lowest BCUT2D eigenvalue weighted by atomic mass is 9.96. The molecule has 0 unspecified atom stereocenters. The summed E-state index contributed by atoms with van der Waals surface area (Å²) < 4.78 is 34.0. The minimum Gasteiger partial charge on any atom is -0.360 e. The van der Waals surface area contributed by atoms with Crippen LogP contribution < -0.4 is 5.32 Å². The third-order valence-electron chi connectivity index (χ3n) is 5.83. The quantitative estimate of drug-likeness (QED) is 0.600. The lowest BCUT2D eigenvalue weighted by Gasteiger charge is -2.31. The Bertz CT molecular complexity index is 1160. The number of aromatic nitrogens is 4. The third kappa shape index (κ3) is 4.30. The molecule has 3 heterocycles. The lowest BCUT2D eigenvalue weighted by molar-refractivity contribution is -0.126. The number of carbonyl (C=O) groups excluding carboxylic acids is 1. The molecule has 10 nitrogen and oxygen atoms in total. The van der Waals surface area contributed by atoms with Gasteiger partial charge in [-0.2, -0.15) is 9.40 Å². The maximum absolute atomic E-state index is 13.0. The van der Waals surface area contributed by atoms with Gasteiger partial charge in [-0.15, -0.1) is 0 Å². The average Bonchev–Trinajstić information content (AvgIpc) is 3.44. The number of hydrogen-bond donors (Lipinski definition) is 1. The summed E-state index contributed by atoms with van der Waals surface area (Å²) in [4.78, 5) is 16.9. The van der Waals surface area contributed by atoms with Gasteiger partial charge in [0, 0.05) is 19.0 Å². The van der Waals surface area contributed by atoms with E-state index in [1.807, 2.05) is 31.2 Å². The molecule has 0 radical (unpaired) electrons. The second-order valence-electron chi connectivity index (χ2n) is 7.99. The molecule has 3 aromatic rings.